The summed E-state index contributed by atoms with van der Waals surface area (Å²) >= 11 is 0. The van der Waals surface area contributed by atoms with Crippen LogP contribution in [0.5, 0.6) is 0 Å². The fourth-order valence-corrected chi connectivity index (χ4v) is 11.1. The molecule has 0 amide bonds. The van der Waals surface area contributed by atoms with Crippen LogP contribution in [-0.2, 0) is 20.9 Å². The van der Waals surface area contributed by atoms with E-state index in [0.29, 0.717) is 0 Å². The predicted octanol–water partition coefficient (Wildman–Crippen LogP) is 15.2. The molecule has 6 heteroatoms. The summed E-state index contributed by atoms with van der Waals surface area (Å²) in [6, 6.07) is 65.4. The molecule has 0 spiro atoms. The van der Waals surface area contributed by atoms with Gasteiger partial charge in [0.1, 0.15) is 10.1 Å². The van der Waals surface area contributed by atoms with Crippen LogP contribution in [0, 0.1) is 6.92 Å². The number of anilines is 2. The maximum absolute atomic E-state index is 10.4. The average molecular weight is 907 g/mol. The maximum atomic E-state index is 10.4. The van der Waals surface area contributed by atoms with E-state index in [0.717, 1.165) is 18.4 Å². The van der Waals surface area contributed by atoms with E-state index in [-0.39, 0.29) is 15.7 Å². The topological polar surface area (TPSA) is 63.5 Å². The quantitative estimate of drug-likeness (QED) is 0.118. The molecule has 1 aliphatic carbocycles. The van der Waals surface area contributed by atoms with E-state index in [1.54, 1.807) is 12.1 Å². The Hall–Kier alpha value is -7.38. The van der Waals surface area contributed by atoms with Crippen molar-refractivity contribution in [3.05, 3.63) is 251 Å². The smallest absolute Gasteiger partial charge is 0.216 e. The minimum Gasteiger partial charge on any atom is -0.744 e. The number of nitrogens with zero attached hydrogens (tertiary/aromatic N) is 2. The first-order valence-electron chi connectivity index (χ1n) is 23.4. The molecule has 2 heterocycles. The highest BCUT2D eigenvalue weighted by Gasteiger charge is 2.47. The molecule has 0 aromatic heterocycles. The Kier molecular flexibility index (Phi) is 11.6. The van der Waals surface area contributed by atoms with Crippen LogP contribution < -0.4 is 9.48 Å². The molecule has 0 fully saturated rings. The fraction of sp³-hybridized carbons (Fsp3) is 0.145. The molecule has 0 saturated carbocycles. The molecule has 0 bridgehead atoms. The third-order valence-electron chi connectivity index (χ3n) is 13.9. The lowest BCUT2D eigenvalue weighted by atomic mass is 9.79. The molecule has 8 aromatic carbocycles. The number of fused-ring (bicyclic) bond motifs is 6. The second kappa shape index (κ2) is 17.7. The van der Waals surface area contributed by atoms with Gasteiger partial charge in [0.15, 0.2) is 5.71 Å². The van der Waals surface area contributed by atoms with Gasteiger partial charge in [-0.15, -0.1) is 0 Å². The lowest BCUT2D eigenvalue weighted by Gasteiger charge is -2.27. The Bertz CT molecular complexity index is 3510. The van der Waals surface area contributed by atoms with Crippen LogP contribution in [0.25, 0.3) is 27.1 Å². The van der Waals surface area contributed by atoms with Gasteiger partial charge in [-0.1, -0.05) is 165 Å². The van der Waals surface area contributed by atoms with Gasteiger partial charge in [-0.3, -0.25) is 0 Å². The van der Waals surface area contributed by atoms with Crippen molar-refractivity contribution in [3.8, 4) is 0 Å². The van der Waals surface area contributed by atoms with Gasteiger partial charge in [0, 0.05) is 46.6 Å². The minimum absolute atomic E-state index is 0.178. The molecule has 0 unspecified atom stereocenters. The van der Waals surface area contributed by atoms with Crippen LogP contribution >= 0.6 is 0 Å². The lowest BCUT2D eigenvalue weighted by molar-refractivity contribution is 0.463. The van der Waals surface area contributed by atoms with E-state index < -0.39 is 10.1 Å². The summed E-state index contributed by atoms with van der Waals surface area (Å²) in [6.07, 6.45) is 11.7. The zero-order chi connectivity index (χ0) is 47.2. The van der Waals surface area contributed by atoms with E-state index in [1.807, 2.05) is 6.92 Å². The second-order valence-electron chi connectivity index (χ2n) is 18.9. The van der Waals surface area contributed by atoms with E-state index in [4.69, 9.17) is 0 Å². The first kappa shape index (κ1) is 44.5. The largest absolute Gasteiger partial charge is 0.744 e. The summed E-state index contributed by atoms with van der Waals surface area (Å²) in [4.78, 5) is 2.31. The third-order valence-corrected chi connectivity index (χ3v) is 14.7. The predicted molar refractivity (Wildman–Crippen MR) is 282 cm³/mol. The van der Waals surface area contributed by atoms with Crippen LogP contribution in [0.15, 0.2) is 234 Å². The summed E-state index contributed by atoms with van der Waals surface area (Å²) < 4.78 is 33.7. The highest BCUT2D eigenvalue weighted by Crippen LogP contribution is 2.54. The summed E-state index contributed by atoms with van der Waals surface area (Å²) in [5, 5.41) is 5.21. The van der Waals surface area contributed by atoms with Gasteiger partial charge in [-0.2, -0.15) is 4.58 Å². The van der Waals surface area contributed by atoms with Crippen molar-refractivity contribution < 1.29 is 13.0 Å². The molecule has 2 aliphatic heterocycles. The van der Waals surface area contributed by atoms with Crippen LogP contribution in [0.2, 0.25) is 0 Å². The first-order chi connectivity index (χ1) is 32.8. The number of para-hydroxylation sites is 2. The average Bonchev–Trinajstić information content (AvgIpc) is 3.94. The van der Waals surface area contributed by atoms with Gasteiger partial charge in [0.25, 0.3) is 0 Å². The van der Waals surface area contributed by atoms with Crippen LogP contribution in [0.3, 0.4) is 0 Å². The lowest BCUT2D eigenvalue weighted by Crippen LogP contribution is -2.28. The monoisotopic (exact) mass is 906 g/mol. The first-order valence-corrected chi connectivity index (χ1v) is 24.8. The molecule has 8 aromatic rings. The summed E-state index contributed by atoms with van der Waals surface area (Å²) in [5.74, 6) is 0. The summed E-state index contributed by atoms with van der Waals surface area (Å²) in [6.45, 7) is 11.4. The molecule has 5 nitrogen and oxygen atoms in total. The van der Waals surface area contributed by atoms with Crippen LogP contribution in [-0.4, -0.2) is 18.7 Å². The van der Waals surface area contributed by atoms with Gasteiger partial charge in [-0.25, -0.2) is 8.42 Å². The minimum atomic E-state index is -4.27. The van der Waals surface area contributed by atoms with Gasteiger partial charge >= 0.3 is 0 Å². The van der Waals surface area contributed by atoms with Crippen molar-refractivity contribution in [2.24, 2.45) is 0 Å². The highest BCUT2D eigenvalue weighted by atomic mass is 32.2. The third kappa shape index (κ3) is 8.04. The van der Waals surface area contributed by atoms with Crippen molar-refractivity contribution >= 4 is 65.7 Å². The number of aryl methyl sites for hydroxylation is 1. The van der Waals surface area contributed by atoms with Crippen molar-refractivity contribution in [2.45, 2.75) is 63.2 Å². The van der Waals surface area contributed by atoms with Gasteiger partial charge in [0.2, 0.25) is 11.4 Å². The fourth-order valence-electron chi connectivity index (χ4n) is 10.7. The van der Waals surface area contributed by atoms with Gasteiger partial charge < -0.3 is 9.45 Å². The number of hydrogen-bond acceptors (Lipinski definition) is 4. The molecule has 68 heavy (non-hydrogen) atoms. The van der Waals surface area contributed by atoms with Crippen molar-refractivity contribution in [2.75, 3.05) is 4.90 Å². The maximum Gasteiger partial charge on any atom is 0.216 e. The Balaban J connectivity index is 0.000000434. The van der Waals surface area contributed by atoms with Crippen molar-refractivity contribution in [3.63, 3.8) is 0 Å². The van der Waals surface area contributed by atoms with Gasteiger partial charge in [0.05, 0.1) is 16.0 Å². The molecule has 336 valence electrons. The number of hydrogen-bond donors (Lipinski definition) is 0. The Morgan fingerprint density at radius 1 is 0.574 bits per heavy atom. The SMILES string of the molecule is CC1(C)C(/C=C/C2=C(c3ccccc3)C(=C/C=C3/N(c4ccccc4)c4ccc5ccccc5c4C3(C)C)/CC2)=[N+](c2ccccc2)c2ccc3ccccc3c21.Cc1ccc(S(=O)(=O)[O-])cc1. The molecule has 0 saturated heterocycles. The van der Waals surface area contributed by atoms with Crippen LogP contribution in [0.4, 0.5) is 22.7 Å². The Morgan fingerprint density at radius 2 is 1.15 bits per heavy atom. The Labute approximate surface area is 400 Å². The second-order valence-corrected chi connectivity index (χ2v) is 20.3. The highest BCUT2D eigenvalue weighted by molar-refractivity contribution is 7.85. The standard InChI is InChI=1S/C55H47N2.C7H8O3S/c1-54(2)49(56(43-22-10-6-11-23-43)47-34-30-38-18-14-16-26-45(38)52(47)54)36-32-41-28-29-42(51(41)40-20-8-5-9-21-40)33-37-50-55(3,4)53-46-27-17-15-19-39(46)31-35-48(53)57(50)44-24-12-7-13-25-44;1-6-2-4-7(5-3-6)11(8,9)10/h5-27,30-37H,28-29H2,1-4H3;2-5H,1H3,(H,8,9,10)/q+1;/p-1. The normalized spacial score (nSPS) is 17.4. The molecule has 3 aliphatic rings. The molecule has 0 atom stereocenters. The number of allylic oxidation sites excluding steroid dienone is 8. The number of benzene rings is 8. The molecular formula is C62H54N2O3S. The molecule has 11 rings (SSSR count). The van der Waals surface area contributed by atoms with E-state index in [2.05, 4.69) is 225 Å². The zero-order valence-corrected chi connectivity index (χ0v) is 40.0. The Morgan fingerprint density at radius 3 is 1.79 bits per heavy atom. The molecule has 0 radical (unpaired) electrons. The number of rotatable bonds is 7. The summed E-state index contributed by atoms with van der Waals surface area (Å²) in [5.41, 5.74) is 16.1. The summed E-state index contributed by atoms with van der Waals surface area (Å²) in [7, 11) is -4.27. The molecule has 0 N–H and O–H groups in total. The van der Waals surface area contributed by atoms with Gasteiger partial charge in [-0.05, 0) is 125 Å². The zero-order valence-electron chi connectivity index (χ0n) is 39.1. The van der Waals surface area contributed by atoms with Crippen molar-refractivity contribution in [1.82, 2.24) is 4.58 Å². The van der Waals surface area contributed by atoms with Crippen LogP contribution in [0.1, 0.15) is 62.8 Å². The van der Waals surface area contributed by atoms with E-state index in [1.165, 1.54) is 101 Å². The van der Waals surface area contributed by atoms with E-state index >= 15 is 0 Å². The van der Waals surface area contributed by atoms with E-state index in [9.17, 15) is 13.0 Å². The van der Waals surface area contributed by atoms with Crippen molar-refractivity contribution in [1.29, 1.82) is 0 Å². The molecular weight excluding hydrogens is 853 g/mol.